The number of carbonyl (C=O) groups excluding carboxylic acids is 1. The summed E-state index contributed by atoms with van der Waals surface area (Å²) >= 11 is 0. The fourth-order valence-corrected chi connectivity index (χ4v) is 2.21. The summed E-state index contributed by atoms with van der Waals surface area (Å²) < 4.78 is 0. The van der Waals surface area contributed by atoms with E-state index < -0.39 is 17.3 Å². The maximum absolute atomic E-state index is 11.5. The Labute approximate surface area is 109 Å². The molecule has 0 aliphatic rings. The third kappa shape index (κ3) is 3.33. The predicted octanol–water partition coefficient (Wildman–Crippen LogP) is 1.41. The first-order valence-electron chi connectivity index (χ1n) is 5.38. The van der Waals surface area contributed by atoms with Gasteiger partial charge in [-0.2, -0.15) is 0 Å². The van der Waals surface area contributed by atoms with Gasteiger partial charge in [0, 0.05) is 0 Å². The Kier molecular flexibility index (Phi) is 7.24. The van der Waals surface area contributed by atoms with Gasteiger partial charge in [-0.25, -0.2) is 0 Å². The molecule has 0 saturated carbocycles. The summed E-state index contributed by atoms with van der Waals surface area (Å²) in [5.74, 6) is -1.86. The molecule has 0 fully saturated rings. The second-order valence-corrected chi connectivity index (χ2v) is 5.06. The van der Waals surface area contributed by atoms with Crippen molar-refractivity contribution >= 4 is 29.1 Å². The van der Waals surface area contributed by atoms with Gasteiger partial charge < -0.3 is 5.11 Å². The zero-order valence-corrected chi connectivity index (χ0v) is 10.5. The molecule has 0 aliphatic heterocycles. The van der Waals surface area contributed by atoms with E-state index in [2.05, 4.69) is 0 Å². The minimum Gasteiger partial charge on any atom is -0.481 e. The van der Waals surface area contributed by atoms with Gasteiger partial charge in [-0.1, -0.05) is 34.6 Å². The molecule has 16 heavy (non-hydrogen) atoms. The number of carbonyl (C=O) groups is 2. The highest BCUT2D eigenvalue weighted by Crippen LogP contribution is 2.43. The van der Waals surface area contributed by atoms with Crippen molar-refractivity contribution in [1.29, 1.82) is 0 Å². The van der Waals surface area contributed by atoms with Crippen LogP contribution in [-0.2, 0) is 9.59 Å². The quantitative estimate of drug-likeness (QED) is 0.587. The zero-order valence-electron chi connectivity index (χ0n) is 10.5. The van der Waals surface area contributed by atoms with Crippen LogP contribution >= 0.6 is 0 Å². The number of hydrogen-bond donors (Lipinski definition) is 1. The van der Waals surface area contributed by atoms with Gasteiger partial charge in [0.1, 0.15) is 11.7 Å². The van der Waals surface area contributed by atoms with Gasteiger partial charge in [0.05, 0.1) is 0 Å². The van der Waals surface area contributed by atoms with Gasteiger partial charge in [-0.15, -0.1) is 0 Å². The van der Waals surface area contributed by atoms with Crippen LogP contribution in [0.4, 0.5) is 0 Å². The maximum atomic E-state index is 11.5. The average molecular weight is 244 g/mol. The van der Waals surface area contributed by atoms with Gasteiger partial charge in [0.15, 0.2) is 17.4 Å². The Bertz CT molecular complexity index is 237. The highest BCUT2D eigenvalue weighted by molar-refractivity contribution is 5.97. The third-order valence-corrected chi connectivity index (χ3v) is 3.76. The summed E-state index contributed by atoms with van der Waals surface area (Å²) in [6, 6.07) is 0. The van der Waals surface area contributed by atoms with E-state index in [0.29, 0.717) is 0 Å². The Morgan fingerprint density at radius 1 is 1.06 bits per heavy atom. The lowest BCUT2D eigenvalue weighted by Crippen LogP contribution is -2.45. The van der Waals surface area contributed by atoms with Crippen molar-refractivity contribution in [1.82, 2.24) is 0 Å². The molecule has 0 amide bonds. The summed E-state index contributed by atoms with van der Waals surface area (Å²) in [6.07, 6.45) is 0. The largest absolute Gasteiger partial charge is 0.481 e. The lowest BCUT2D eigenvalue weighted by Gasteiger charge is -2.41. The van der Waals surface area contributed by atoms with Crippen LogP contribution in [0, 0.1) is 23.2 Å². The minimum absolute atomic E-state index is 0. The van der Waals surface area contributed by atoms with E-state index in [1.165, 1.54) is 6.92 Å². The molecule has 0 aromatic heterocycles. The summed E-state index contributed by atoms with van der Waals surface area (Å²) in [7, 11) is 0. The Balaban J connectivity index is 0. The Morgan fingerprint density at radius 2 is 1.38 bits per heavy atom. The van der Waals surface area contributed by atoms with Gasteiger partial charge in [-0.05, 0) is 24.2 Å². The van der Waals surface area contributed by atoms with E-state index in [1.807, 2.05) is 34.6 Å². The molecule has 0 aromatic carbocycles. The van der Waals surface area contributed by atoms with Crippen LogP contribution in [0.1, 0.15) is 41.5 Å². The summed E-state index contributed by atoms with van der Waals surface area (Å²) in [4.78, 5) is 22.6. The second kappa shape index (κ2) is 6.42. The monoisotopic (exact) mass is 244 g/mol. The van der Waals surface area contributed by atoms with Crippen molar-refractivity contribution in [3.63, 3.8) is 0 Å². The number of aliphatic carboxylic acids is 1. The van der Waals surface area contributed by atoms with Crippen molar-refractivity contribution in [3.05, 3.63) is 0 Å². The lowest BCUT2D eigenvalue weighted by molar-refractivity contribution is -0.155. The molecule has 0 saturated heterocycles. The van der Waals surface area contributed by atoms with E-state index >= 15 is 0 Å². The highest BCUT2D eigenvalue weighted by Gasteiger charge is 2.46. The highest BCUT2D eigenvalue weighted by atomic mass is 27.0. The molecule has 0 spiro atoms. The van der Waals surface area contributed by atoms with Crippen LogP contribution in [0.15, 0.2) is 0 Å². The van der Waals surface area contributed by atoms with Crippen LogP contribution in [0.3, 0.4) is 0 Å². The van der Waals surface area contributed by atoms with E-state index in [9.17, 15) is 9.59 Å². The molecule has 0 heterocycles. The number of carboxylic acids is 1. The topological polar surface area (TPSA) is 54.4 Å². The van der Waals surface area contributed by atoms with Crippen LogP contribution in [0.5, 0.6) is 0 Å². The fraction of sp³-hybridized carbons (Fsp3) is 0.833. The average Bonchev–Trinajstić information content (AvgIpc) is 2.01. The van der Waals surface area contributed by atoms with Gasteiger partial charge in [0.2, 0.25) is 0 Å². The van der Waals surface area contributed by atoms with Crippen molar-refractivity contribution in [3.8, 4) is 0 Å². The van der Waals surface area contributed by atoms with Crippen LogP contribution in [-0.4, -0.2) is 34.2 Å². The van der Waals surface area contributed by atoms with E-state index in [0.717, 1.165) is 0 Å². The number of carboxylic acid groups (broad SMARTS) is 1. The van der Waals surface area contributed by atoms with Crippen LogP contribution < -0.4 is 0 Å². The Morgan fingerprint density at radius 3 is 1.44 bits per heavy atom. The molecule has 94 valence electrons. The molecular weight excluding hydrogens is 219 g/mol. The van der Waals surface area contributed by atoms with Crippen molar-refractivity contribution in [2.45, 2.75) is 41.5 Å². The zero-order chi connectivity index (χ0) is 12.4. The van der Waals surface area contributed by atoms with Crippen molar-refractivity contribution in [2.75, 3.05) is 0 Å². The lowest BCUT2D eigenvalue weighted by atomic mass is 9.61. The molecule has 3 nitrogen and oxygen atoms in total. The molecule has 0 aliphatic carbocycles. The normalized spacial score (nSPS) is 13.5. The summed E-state index contributed by atoms with van der Waals surface area (Å²) in [5, 5.41) is 9.16. The van der Waals surface area contributed by atoms with E-state index in [4.69, 9.17) is 5.11 Å². The minimum atomic E-state index is -1.01. The molecule has 0 aromatic rings. The molecular formula is C12H25AlO3. The first-order chi connectivity index (χ1) is 6.65. The van der Waals surface area contributed by atoms with Crippen LogP contribution in [0.25, 0.3) is 0 Å². The molecule has 0 bridgehead atoms. The fourth-order valence-electron chi connectivity index (χ4n) is 2.21. The second-order valence-electron chi connectivity index (χ2n) is 5.06. The molecule has 0 rings (SSSR count). The summed E-state index contributed by atoms with van der Waals surface area (Å²) in [5.41, 5.74) is -0.488. The Hall–Kier alpha value is -0.328. The van der Waals surface area contributed by atoms with Gasteiger partial charge in [-0.3, -0.25) is 9.59 Å². The SMILES string of the molecule is CC(=O)C(C(=O)O)C(C)(C(C)C)C(C)C.[AlH3]. The van der Waals surface area contributed by atoms with Crippen molar-refractivity contribution < 1.29 is 14.7 Å². The molecule has 0 radical (unpaired) electrons. The standard InChI is InChI=1S/C12H22O3.Al.3H/c1-7(2)12(6,8(3)4)10(9(5)13)11(14)15;;;;/h7-8,10H,1-6H3,(H,14,15);;;;. The predicted molar refractivity (Wildman–Crippen MR) is 69.5 cm³/mol. The van der Waals surface area contributed by atoms with Crippen molar-refractivity contribution in [2.24, 2.45) is 23.2 Å². The molecule has 4 heteroatoms. The molecule has 1 N–H and O–H groups in total. The first-order valence-corrected chi connectivity index (χ1v) is 5.38. The number of hydrogen-bond acceptors (Lipinski definition) is 2. The third-order valence-electron chi connectivity index (χ3n) is 3.76. The number of Topliss-reactive ketones (excluding diaryl/α,β-unsaturated/α-hetero) is 1. The molecule has 1 unspecified atom stereocenters. The van der Waals surface area contributed by atoms with E-state index in [-0.39, 0.29) is 35.0 Å². The maximum Gasteiger partial charge on any atom is 0.314 e. The number of rotatable bonds is 5. The molecule has 1 atom stereocenters. The summed E-state index contributed by atoms with van der Waals surface area (Å²) in [6.45, 7) is 11.1. The van der Waals surface area contributed by atoms with E-state index in [1.54, 1.807) is 0 Å². The number of ketones is 1. The smallest absolute Gasteiger partial charge is 0.314 e. The van der Waals surface area contributed by atoms with Gasteiger partial charge in [0.25, 0.3) is 0 Å². The first kappa shape index (κ1) is 18.0. The van der Waals surface area contributed by atoms with Crippen LogP contribution in [0.2, 0.25) is 0 Å². The van der Waals surface area contributed by atoms with Gasteiger partial charge >= 0.3 is 5.97 Å².